The molecule has 2 heterocycles. The standard InChI is InChI=1S/C12H21NO3/c1-12(11(14)15-2)7-9(3-5-13-12)10-4-6-16-8-10/h9-10,13H,3-8H2,1-2H3. The molecule has 0 radical (unpaired) electrons. The summed E-state index contributed by atoms with van der Waals surface area (Å²) in [5, 5.41) is 3.28. The molecule has 0 spiro atoms. The third-order valence-corrected chi connectivity index (χ3v) is 3.97. The summed E-state index contributed by atoms with van der Waals surface area (Å²) in [5.41, 5.74) is -0.500. The normalized spacial score (nSPS) is 39.6. The van der Waals surface area contributed by atoms with Crippen LogP contribution in [0.25, 0.3) is 0 Å². The van der Waals surface area contributed by atoms with E-state index in [-0.39, 0.29) is 5.97 Å². The van der Waals surface area contributed by atoms with Gasteiger partial charge in [-0.2, -0.15) is 0 Å². The maximum atomic E-state index is 11.7. The van der Waals surface area contributed by atoms with E-state index in [0.29, 0.717) is 11.8 Å². The number of piperidine rings is 1. The number of carbonyl (C=O) groups excluding carboxylic acids is 1. The van der Waals surface area contributed by atoms with Gasteiger partial charge in [0.05, 0.1) is 7.11 Å². The molecule has 4 nitrogen and oxygen atoms in total. The van der Waals surface area contributed by atoms with Crippen molar-refractivity contribution in [3.05, 3.63) is 0 Å². The lowest BCUT2D eigenvalue weighted by Crippen LogP contribution is -2.55. The summed E-state index contributed by atoms with van der Waals surface area (Å²) in [6, 6.07) is 0. The zero-order chi connectivity index (χ0) is 11.6. The number of ether oxygens (including phenoxy) is 2. The molecule has 0 aromatic rings. The summed E-state index contributed by atoms with van der Waals surface area (Å²) >= 11 is 0. The van der Waals surface area contributed by atoms with Gasteiger partial charge in [-0.1, -0.05) is 0 Å². The minimum Gasteiger partial charge on any atom is -0.468 e. The van der Waals surface area contributed by atoms with Crippen LogP contribution < -0.4 is 5.32 Å². The van der Waals surface area contributed by atoms with E-state index in [0.717, 1.165) is 39.0 Å². The Balaban J connectivity index is 2.00. The summed E-state index contributed by atoms with van der Waals surface area (Å²) in [6.45, 7) is 4.58. The lowest BCUT2D eigenvalue weighted by Gasteiger charge is -2.38. The van der Waals surface area contributed by atoms with Gasteiger partial charge in [0.1, 0.15) is 5.54 Å². The van der Waals surface area contributed by atoms with Crippen molar-refractivity contribution in [1.82, 2.24) is 5.32 Å². The van der Waals surface area contributed by atoms with Crippen molar-refractivity contribution in [2.75, 3.05) is 26.9 Å². The molecule has 2 aliphatic heterocycles. The zero-order valence-corrected chi connectivity index (χ0v) is 10.1. The Kier molecular flexibility index (Phi) is 3.50. The molecule has 4 heteroatoms. The minimum absolute atomic E-state index is 0.142. The predicted molar refractivity (Wildman–Crippen MR) is 60.1 cm³/mol. The van der Waals surface area contributed by atoms with E-state index < -0.39 is 5.54 Å². The van der Waals surface area contributed by atoms with Gasteiger partial charge in [0, 0.05) is 13.2 Å². The average Bonchev–Trinajstić information content (AvgIpc) is 2.81. The first-order valence-corrected chi connectivity index (χ1v) is 6.07. The van der Waals surface area contributed by atoms with Gasteiger partial charge in [0.25, 0.3) is 0 Å². The molecule has 0 saturated carbocycles. The predicted octanol–water partition coefficient (Wildman–Crippen LogP) is 0.954. The molecule has 0 amide bonds. The molecule has 0 aromatic heterocycles. The van der Waals surface area contributed by atoms with Crippen molar-refractivity contribution in [1.29, 1.82) is 0 Å². The highest BCUT2D eigenvalue weighted by molar-refractivity contribution is 5.80. The average molecular weight is 227 g/mol. The van der Waals surface area contributed by atoms with Gasteiger partial charge in [-0.05, 0) is 44.6 Å². The largest absolute Gasteiger partial charge is 0.468 e. The molecular weight excluding hydrogens is 206 g/mol. The SMILES string of the molecule is COC(=O)C1(C)CC(C2CCOC2)CCN1. The van der Waals surface area contributed by atoms with Crippen LogP contribution in [0, 0.1) is 11.8 Å². The van der Waals surface area contributed by atoms with E-state index in [1.165, 1.54) is 7.11 Å². The van der Waals surface area contributed by atoms with Crippen molar-refractivity contribution in [2.24, 2.45) is 11.8 Å². The van der Waals surface area contributed by atoms with Crippen LogP contribution in [0.15, 0.2) is 0 Å². The quantitative estimate of drug-likeness (QED) is 0.714. The van der Waals surface area contributed by atoms with Gasteiger partial charge in [-0.25, -0.2) is 0 Å². The maximum absolute atomic E-state index is 11.7. The second kappa shape index (κ2) is 4.72. The van der Waals surface area contributed by atoms with E-state index in [2.05, 4.69) is 5.32 Å². The fraction of sp³-hybridized carbons (Fsp3) is 0.917. The Bertz CT molecular complexity index is 263. The molecule has 3 unspecified atom stereocenters. The van der Waals surface area contributed by atoms with Gasteiger partial charge in [-0.15, -0.1) is 0 Å². The van der Waals surface area contributed by atoms with Gasteiger partial charge >= 0.3 is 5.97 Å². The van der Waals surface area contributed by atoms with E-state index >= 15 is 0 Å². The monoisotopic (exact) mass is 227 g/mol. The van der Waals surface area contributed by atoms with Crippen molar-refractivity contribution in [2.45, 2.75) is 31.7 Å². The van der Waals surface area contributed by atoms with Gasteiger partial charge in [0.15, 0.2) is 0 Å². The molecule has 0 aliphatic carbocycles. The summed E-state index contributed by atoms with van der Waals surface area (Å²) < 4.78 is 10.3. The summed E-state index contributed by atoms with van der Waals surface area (Å²) in [6.07, 6.45) is 3.15. The Morgan fingerprint density at radius 3 is 2.88 bits per heavy atom. The Hall–Kier alpha value is -0.610. The number of rotatable bonds is 2. The first-order chi connectivity index (χ1) is 7.65. The van der Waals surface area contributed by atoms with Crippen molar-refractivity contribution < 1.29 is 14.3 Å². The molecule has 2 fully saturated rings. The number of hydrogen-bond donors (Lipinski definition) is 1. The van der Waals surface area contributed by atoms with Crippen LogP contribution in [0.2, 0.25) is 0 Å². The Labute approximate surface area is 96.7 Å². The number of esters is 1. The number of nitrogens with one attached hydrogen (secondary N) is 1. The first kappa shape index (κ1) is 11.9. The molecule has 0 bridgehead atoms. The molecule has 16 heavy (non-hydrogen) atoms. The fourth-order valence-corrected chi connectivity index (χ4v) is 2.94. The number of carbonyl (C=O) groups is 1. The first-order valence-electron chi connectivity index (χ1n) is 6.07. The molecule has 2 saturated heterocycles. The molecular formula is C12H21NO3. The van der Waals surface area contributed by atoms with Crippen LogP contribution in [0.1, 0.15) is 26.2 Å². The van der Waals surface area contributed by atoms with Crippen LogP contribution in [-0.2, 0) is 14.3 Å². The Morgan fingerprint density at radius 2 is 2.25 bits per heavy atom. The van der Waals surface area contributed by atoms with Gasteiger partial charge < -0.3 is 14.8 Å². The molecule has 2 aliphatic rings. The molecule has 2 rings (SSSR count). The van der Waals surface area contributed by atoms with E-state index in [1.54, 1.807) is 0 Å². The van der Waals surface area contributed by atoms with Crippen molar-refractivity contribution in [3.8, 4) is 0 Å². The summed E-state index contributed by atoms with van der Waals surface area (Å²) in [7, 11) is 1.46. The fourth-order valence-electron chi connectivity index (χ4n) is 2.94. The van der Waals surface area contributed by atoms with Crippen LogP contribution in [0.3, 0.4) is 0 Å². The van der Waals surface area contributed by atoms with Gasteiger partial charge in [-0.3, -0.25) is 4.79 Å². The van der Waals surface area contributed by atoms with Crippen molar-refractivity contribution >= 4 is 5.97 Å². The lowest BCUT2D eigenvalue weighted by atomic mass is 9.76. The van der Waals surface area contributed by atoms with E-state index in [1.807, 2.05) is 6.92 Å². The molecule has 3 atom stereocenters. The second-order valence-corrected chi connectivity index (χ2v) is 5.13. The third kappa shape index (κ3) is 2.23. The van der Waals surface area contributed by atoms with Crippen LogP contribution in [0.4, 0.5) is 0 Å². The second-order valence-electron chi connectivity index (χ2n) is 5.13. The van der Waals surface area contributed by atoms with Crippen LogP contribution >= 0.6 is 0 Å². The highest BCUT2D eigenvalue weighted by atomic mass is 16.5. The topological polar surface area (TPSA) is 47.6 Å². The molecule has 92 valence electrons. The van der Waals surface area contributed by atoms with E-state index in [9.17, 15) is 4.79 Å². The van der Waals surface area contributed by atoms with Crippen molar-refractivity contribution in [3.63, 3.8) is 0 Å². The minimum atomic E-state index is -0.500. The van der Waals surface area contributed by atoms with Crippen LogP contribution in [-0.4, -0.2) is 38.4 Å². The molecule has 1 N–H and O–H groups in total. The molecule has 0 aromatic carbocycles. The number of methoxy groups -OCH3 is 1. The smallest absolute Gasteiger partial charge is 0.325 e. The Morgan fingerprint density at radius 1 is 1.44 bits per heavy atom. The van der Waals surface area contributed by atoms with E-state index in [4.69, 9.17) is 9.47 Å². The lowest BCUT2D eigenvalue weighted by molar-refractivity contribution is -0.150. The third-order valence-electron chi connectivity index (χ3n) is 3.97. The highest BCUT2D eigenvalue weighted by Gasteiger charge is 2.42. The highest BCUT2D eigenvalue weighted by Crippen LogP contribution is 2.34. The maximum Gasteiger partial charge on any atom is 0.325 e. The summed E-state index contributed by atoms with van der Waals surface area (Å²) in [4.78, 5) is 11.7. The zero-order valence-electron chi connectivity index (χ0n) is 10.1. The summed E-state index contributed by atoms with van der Waals surface area (Å²) in [5.74, 6) is 1.08. The van der Waals surface area contributed by atoms with Crippen LogP contribution in [0.5, 0.6) is 0 Å². The number of hydrogen-bond acceptors (Lipinski definition) is 4. The van der Waals surface area contributed by atoms with Gasteiger partial charge in [0.2, 0.25) is 0 Å².